The molecular formula is C24H22Cl3N2P. The van der Waals surface area contributed by atoms with Crippen LogP contribution in [0.2, 0.25) is 0 Å². The van der Waals surface area contributed by atoms with Gasteiger partial charge in [0.05, 0.1) is 0 Å². The van der Waals surface area contributed by atoms with Gasteiger partial charge in [-0.05, 0) is 48.5 Å². The lowest BCUT2D eigenvalue weighted by molar-refractivity contribution is 1.55. The fourth-order valence-corrected chi connectivity index (χ4v) is 2.42. The highest BCUT2D eigenvalue weighted by molar-refractivity contribution is 8.20. The Morgan fingerprint density at radius 1 is 0.367 bits per heavy atom. The molecule has 154 valence electrons. The van der Waals surface area contributed by atoms with Gasteiger partial charge in [0, 0.05) is 22.7 Å². The Hall–Kier alpha value is -2.22. The van der Waals surface area contributed by atoms with Crippen LogP contribution < -0.4 is 10.6 Å². The minimum absolute atomic E-state index is 1.12. The fourth-order valence-electron chi connectivity index (χ4n) is 2.42. The van der Waals surface area contributed by atoms with Crippen molar-refractivity contribution < 1.29 is 0 Å². The number of nitrogens with one attached hydrogen (secondary N) is 2. The van der Waals surface area contributed by atoms with Crippen molar-refractivity contribution in [1.82, 2.24) is 0 Å². The van der Waals surface area contributed by atoms with Crippen LogP contribution in [-0.2, 0) is 0 Å². The molecule has 4 aromatic carbocycles. The average molecular weight is 476 g/mol. The van der Waals surface area contributed by atoms with Crippen LogP contribution in [0.5, 0.6) is 0 Å². The van der Waals surface area contributed by atoms with Crippen LogP contribution in [0.25, 0.3) is 0 Å². The van der Waals surface area contributed by atoms with Gasteiger partial charge in [-0.25, -0.2) is 0 Å². The molecule has 0 fully saturated rings. The number of rotatable bonds is 4. The van der Waals surface area contributed by atoms with Crippen LogP contribution >= 0.6 is 39.7 Å². The third-order valence-electron chi connectivity index (χ3n) is 3.67. The molecule has 0 spiro atoms. The first-order chi connectivity index (χ1) is 14.6. The zero-order chi connectivity index (χ0) is 21.4. The van der Waals surface area contributed by atoms with E-state index in [1.165, 1.54) is 0 Å². The van der Waals surface area contributed by atoms with Gasteiger partial charge < -0.3 is 10.6 Å². The second-order valence-corrected chi connectivity index (χ2v) is 10.9. The normalized spacial score (nSPS) is 9.47. The van der Waals surface area contributed by atoms with E-state index in [1.807, 2.05) is 121 Å². The summed E-state index contributed by atoms with van der Waals surface area (Å²) in [5.41, 5.74) is 4.48. The Labute approximate surface area is 194 Å². The molecule has 0 saturated carbocycles. The van der Waals surface area contributed by atoms with E-state index in [4.69, 9.17) is 33.7 Å². The van der Waals surface area contributed by atoms with Gasteiger partial charge in [0.1, 0.15) is 0 Å². The monoisotopic (exact) mass is 474 g/mol. The van der Waals surface area contributed by atoms with Crippen molar-refractivity contribution in [2.45, 2.75) is 0 Å². The molecule has 4 rings (SSSR count). The Kier molecular flexibility index (Phi) is 11.8. The van der Waals surface area contributed by atoms with Crippen LogP contribution in [-0.4, -0.2) is 0 Å². The number of hydrogen-bond acceptors (Lipinski definition) is 2. The van der Waals surface area contributed by atoms with Crippen LogP contribution in [0.15, 0.2) is 121 Å². The van der Waals surface area contributed by atoms with Gasteiger partial charge in [-0.2, -0.15) is 0 Å². The summed E-state index contributed by atoms with van der Waals surface area (Å²) in [4.78, 5) is 0. The molecule has 2 nitrogen and oxygen atoms in total. The number of para-hydroxylation sites is 4. The number of benzene rings is 4. The van der Waals surface area contributed by atoms with E-state index in [2.05, 4.69) is 10.6 Å². The Morgan fingerprint density at radius 2 is 0.533 bits per heavy atom. The molecule has 0 radical (unpaired) electrons. The average Bonchev–Trinajstić information content (AvgIpc) is 2.77. The topological polar surface area (TPSA) is 24.1 Å². The summed E-state index contributed by atoms with van der Waals surface area (Å²) < 4.78 is 0. The van der Waals surface area contributed by atoms with Gasteiger partial charge in [-0.1, -0.05) is 107 Å². The fraction of sp³-hybridized carbons (Fsp3) is 0. The number of hydrogen-bond donors (Lipinski definition) is 2. The molecule has 0 aliphatic heterocycles. The van der Waals surface area contributed by atoms with Crippen molar-refractivity contribution in [2.75, 3.05) is 10.6 Å². The summed E-state index contributed by atoms with van der Waals surface area (Å²) >= 11 is 14.6. The Bertz CT molecular complexity index is 771. The highest BCUT2D eigenvalue weighted by Crippen LogP contribution is 2.51. The van der Waals surface area contributed by atoms with Crippen molar-refractivity contribution >= 4 is 62.5 Å². The molecule has 0 saturated heterocycles. The smallest absolute Gasteiger partial charge is 0.179 e. The van der Waals surface area contributed by atoms with Crippen molar-refractivity contribution in [1.29, 1.82) is 0 Å². The van der Waals surface area contributed by atoms with E-state index >= 15 is 0 Å². The van der Waals surface area contributed by atoms with Gasteiger partial charge in [-0.15, -0.1) is 0 Å². The van der Waals surface area contributed by atoms with E-state index in [0.29, 0.717) is 0 Å². The predicted octanol–water partition coefficient (Wildman–Crippen LogP) is 9.79. The first kappa shape index (κ1) is 24.1. The predicted molar refractivity (Wildman–Crippen MR) is 137 cm³/mol. The SMILES string of the molecule is ClP(Cl)Cl.c1ccc(Nc2ccccc2)cc1.c1ccc(Nc2ccccc2)cc1. The van der Waals surface area contributed by atoms with E-state index in [9.17, 15) is 0 Å². The molecule has 6 heteroatoms. The second-order valence-electron chi connectivity index (χ2n) is 5.91. The maximum Gasteiger partial charge on any atom is 0.179 e. The molecule has 2 N–H and O–H groups in total. The van der Waals surface area contributed by atoms with Crippen molar-refractivity contribution in [2.24, 2.45) is 0 Å². The van der Waals surface area contributed by atoms with E-state index in [0.717, 1.165) is 22.7 Å². The quantitative estimate of drug-likeness (QED) is 0.287. The van der Waals surface area contributed by atoms with Gasteiger partial charge in [0.25, 0.3) is 0 Å². The highest BCUT2D eigenvalue weighted by atomic mass is 36.0. The molecule has 30 heavy (non-hydrogen) atoms. The summed E-state index contributed by atoms with van der Waals surface area (Å²) in [7, 11) is 0. The molecule has 0 atom stereocenters. The van der Waals surface area contributed by atoms with Crippen LogP contribution in [0.3, 0.4) is 0 Å². The molecule has 4 aromatic rings. The molecule has 0 aliphatic carbocycles. The lowest BCUT2D eigenvalue weighted by Crippen LogP contribution is -1.87. The maximum absolute atomic E-state index is 4.87. The van der Waals surface area contributed by atoms with E-state index < -0.39 is 5.98 Å². The third kappa shape index (κ3) is 11.1. The number of anilines is 4. The Morgan fingerprint density at radius 3 is 0.700 bits per heavy atom. The van der Waals surface area contributed by atoms with Crippen LogP contribution in [0, 0.1) is 0 Å². The molecule has 0 bridgehead atoms. The van der Waals surface area contributed by atoms with Gasteiger partial charge in [0.2, 0.25) is 0 Å². The van der Waals surface area contributed by atoms with Crippen molar-refractivity contribution in [3.63, 3.8) is 0 Å². The number of halogens is 3. The largest absolute Gasteiger partial charge is 0.356 e. The summed E-state index contributed by atoms with van der Waals surface area (Å²) in [6, 6.07) is 40.6. The zero-order valence-electron chi connectivity index (χ0n) is 16.1. The second kappa shape index (κ2) is 14.7. The third-order valence-corrected chi connectivity index (χ3v) is 3.67. The van der Waals surface area contributed by atoms with Crippen molar-refractivity contribution in [3.05, 3.63) is 121 Å². The highest BCUT2D eigenvalue weighted by Gasteiger charge is 1.91. The van der Waals surface area contributed by atoms with Crippen molar-refractivity contribution in [3.8, 4) is 0 Å². The lowest BCUT2D eigenvalue weighted by Gasteiger charge is -2.04. The molecular weight excluding hydrogens is 454 g/mol. The molecule has 0 heterocycles. The molecule has 0 aromatic heterocycles. The minimum Gasteiger partial charge on any atom is -0.356 e. The Balaban J connectivity index is 0.000000182. The first-order valence-electron chi connectivity index (χ1n) is 9.15. The summed E-state index contributed by atoms with van der Waals surface area (Å²) in [6.07, 6.45) is 0. The van der Waals surface area contributed by atoms with Gasteiger partial charge in [0.15, 0.2) is 5.98 Å². The van der Waals surface area contributed by atoms with Gasteiger partial charge >= 0.3 is 0 Å². The standard InChI is InChI=1S/2C12H11N.Cl3P/c2*1-3-7-11(8-4-1)13-12-9-5-2-6-10-12;1-4(2)3/h2*1-10,13H;. The first-order valence-corrected chi connectivity index (χ1v) is 13.2. The zero-order valence-corrected chi connectivity index (χ0v) is 19.3. The van der Waals surface area contributed by atoms with E-state index in [-0.39, 0.29) is 0 Å². The summed E-state index contributed by atoms with van der Waals surface area (Å²) in [6.45, 7) is 0. The van der Waals surface area contributed by atoms with E-state index in [1.54, 1.807) is 0 Å². The summed E-state index contributed by atoms with van der Waals surface area (Å²) in [5, 5.41) is 6.61. The van der Waals surface area contributed by atoms with Crippen LogP contribution in [0.1, 0.15) is 0 Å². The summed E-state index contributed by atoms with van der Waals surface area (Å²) in [5.74, 6) is -1.20. The van der Waals surface area contributed by atoms with Crippen LogP contribution in [0.4, 0.5) is 22.7 Å². The minimum atomic E-state index is -1.20. The maximum atomic E-state index is 4.87. The molecule has 0 unspecified atom stereocenters. The van der Waals surface area contributed by atoms with Gasteiger partial charge in [-0.3, -0.25) is 0 Å². The lowest BCUT2D eigenvalue weighted by atomic mass is 10.3. The molecule has 0 aliphatic rings. The molecule has 0 amide bonds.